The van der Waals surface area contributed by atoms with Crippen molar-refractivity contribution in [2.45, 2.75) is 45.6 Å². The molecule has 0 saturated heterocycles. The summed E-state index contributed by atoms with van der Waals surface area (Å²) in [5.74, 6) is 0.928. The number of anilines is 1. The van der Waals surface area contributed by atoms with Gasteiger partial charge in [-0.25, -0.2) is 16.8 Å². The first-order valence-corrected chi connectivity index (χ1v) is 17.7. The van der Waals surface area contributed by atoms with Gasteiger partial charge in [-0.15, -0.1) is 0 Å². The predicted octanol–water partition coefficient (Wildman–Crippen LogP) is 5.43. The van der Waals surface area contributed by atoms with Crippen LogP contribution in [0.5, 0.6) is 5.75 Å². The third-order valence-electron chi connectivity index (χ3n) is 6.46. The number of nitrogens with zero attached hydrogens (tertiary/aromatic N) is 2. The fourth-order valence-electron chi connectivity index (χ4n) is 4.49. The predicted molar refractivity (Wildman–Crippen MR) is 160 cm³/mol. The lowest BCUT2D eigenvalue weighted by Crippen LogP contribution is -2.35. The van der Waals surface area contributed by atoms with Crippen LogP contribution in [0.25, 0.3) is 17.2 Å². The number of rotatable bonds is 13. The van der Waals surface area contributed by atoms with E-state index in [0.29, 0.717) is 55.5 Å². The smallest absolute Gasteiger partial charge is 0.374 e. The maximum absolute atomic E-state index is 11.1. The molecular formula is C27H29Br2N2O8S2-. The first-order valence-electron chi connectivity index (χ1n) is 13.0. The maximum Gasteiger partial charge on any atom is 0.374 e. The number of hydrogen-bond acceptors (Lipinski definition) is 9. The van der Waals surface area contributed by atoms with Crippen LogP contribution in [0.15, 0.2) is 67.3 Å². The van der Waals surface area contributed by atoms with Crippen LogP contribution in [0, 0.1) is 0 Å². The summed E-state index contributed by atoms with van der Waals surface area (Å²) in [4.78, 5) is 1.95. The Morgan fingerprint density at radius 3 is 2.29 bits per heavy atom. The van der Waals surface area contributed by atoms with Crippen molar-refractivity contribution in [3.63, 3.8) is 0 Å². The summed E-state index contributed by atoms with van der Waals surface area (Å²) >= 11 is 6.98. The lowest BCUT2D eigenvalue weighted by molar-refractivity contribution is -0.678. The molecule has 1 aromatic heterocycles. The normalized spacial score (nSPS) is 15.1. The molecule has 0 amide bonds. The lowest BCUT2D eigenvalue weighted by Gasteiger charge is -2.19. The molecule has 0 unspecified atom stereocenters. The van der Waals surface area contributed by atoms with Gasteiger partial charge in [0.1, 0.15) is 0 Å². The van der Waals surface area contributed by atoms with Crippen molar-refractivity contribution in [1.29, 1.82) is 0 Å². The summed E-state index contributed by atoms with van der Waals surface area (Å²) in [5.41, 5.74) is 3.18. The van der Waals surface area contributed by atoms with Gasteiger partial charge in [0, 0.05) is 45.6 Å². The van der Waals surface area contributed by atoms with E-state index in [1.54, 1.807) is 0 Å². The summed E-state index contributed by atoms with van der Waals surface area (Å²) in [6.45, 7) is 2.89. The van der Waals surface area contributed by atoms with Gasteiger partial charge in [0.05, 0.1) is 32.0 Å². The van der Waals surface area contributed by atoms with E-state index in [4.69, 9.17) is 9.15 Å². The standard InChI is InChI=1S/C27H30Br2N2O8S2/c1-2-19(15-26-30(11-3-5-13-40(32,33)34)22-17-20(28)7-9-24(22)38-26)16-27-31(12-4-6-14-41(35,36)37)23-18-21(29)8-10-25(23)39-27/h7-10,15-18H,2-6,11-14H2,1H3,(H-,32,33,34,35,36,37)/p-1. The monoisotopic (exact) mass is 731 g/mol. The van der Waals surface area contributed by atoms with Crippen LogP contribution in [-0.4, -0.2) is 44.0 Å². The summed E-state index contributed by atoms with van der Waals surface area (Å²) in [6, 6.07) is 11.3. The Labute approximate surface area is 256 Å². The Hall–Kier alpha value is -2.23. The second kappa shape index (κ2) is 13.4. The zero-order valence-corrected chi connectivity index (χ0v) is 27.0. The van der Waals surface area contributed by atoms with Crippen LogP contribution >= 0.6 is 31.9 Å². The van der Waals surface area contributed by atoms with E-state index < -0.39 is 31.7 Å². The number of allylic oxidation sites excluding steroid dienone is 2. The van der Waals surface area contributed by atoms with Gasteiger partial charge in [-0.05, 0) is 61.6 Å². The SMILES string of the molecule is CCC(=C/c1oc2ccc(Br)cc2[n+]1CCCCS(=O)(=O)[O-])/C=C1/Oc2ccc(Br)cc2N1CCCCS(=O)(=O)[O-]. The molecule has 0 N–H and O–H groups in total. The van der Waals surface area contributed by atoms with E-state index in [1.165, 1.54) is 0 Å². The van der Waals surface area contributed by atoms with Crippen molar-refractivity contribution < 1.29 is 39.7 Å². The minimum Gasteiger partial charge on any atom is -0.748 e. The van der Waals surface area contributed by atoms with E-state index >= 15 is 0 Å². The molecule has 3 aromatic rings. The molecule has 2 aromatic carbocycles. The first kappa shape index (κ1) is 31.7. The van der Waals surface area contributed by atoms with Crippen molar-refractivity contribution in [2.24, 2.45) is 0 Å². The number of oxazole rings is 1. The minimum absolute atomic E-state index is 0.234. The molecule has 2 heterocycles. The van der Waals surface area contributed by atoms with E-state index in [9.17, 15) is 25.9 Å². The quantitative estimate of drug-likeness (QED) is 0.128. The molecule has 4 rings (SSSR count). The van der Waals surface area contributed by atoms with Crippen LogP contribution in [0.4, 0.5) is 5.69 Å². The Morgan fingerprint density at radius 2 is 1.61 bits per heavy atom. The van der Waals surface area contributed by atoms with E-state index in [0.717, 1.165) is 25.7 Å². The molecule has 1 aliphatic rings. The Balaban J connectivity index is 1.65. The third kappa shape index (κ3) is 8.88. The number of aromatic nitrogens is 1. The maximum atomic E-state index is 11.1. The number of benzene rings is 2. The molecule has 1 aliphatic heterocycles. The van der Waals surface area contributed by atoms with Gasteiger partial charge in [0.2, 0.25) is 11.5 Å². The van der Waals surface area contributed by atoms with Crippen molar-refractivity contribution in [1.82, 2.24) is 0 Å². The van der Waals surface area contributed by atoms with Crippen LogP contribution in [-0.2, 0) is 26.8 Å². The fraction of sp³-hybridized carbons (Fsp3) is 0.370. The number of ether oxygens (including phenoxy) is 1. The molecule has 0 fully saturated rings. The minimum atomic E-state index is -4.28. The third-order valence-corrected chi connectivity index (χ3v) is 9.03. The summed E-state index contributed by atoms with van der Waals surface area (Å²) < 4.78 is 82.4. The van der Waals surface area contributed by atoms with Gasteiger partial charge in [-0.3, -0.25) is 0 Å². The van der Waals surface area contributed by atoms with E-state index in [1.807, 2.05) is 64.9 Å². The van der Waals surface area contributed by atoms with Gasteiger partial charge in [-0.2, -0.15) is 4.57 Å². The largest absolute Gasteiger partial charge is 0.748 e. The molecule has 0 spiro atoms. The molecule has 41 heavy (non-hydrogen) atoms. The van der Waals surface area contributed by atoms with Crippen molar-refractivity contribution in [2.75, 3.05) is 23.0 Å². The second-order valence-electron chi connectivity index (χ2n) is 9.56. The molecule has 0 radical (unpaired) electrons. The topological polar surface area (TPSA) is 144 Å². The summed E-state index contributed by atoms with van der Waals surface area (Å²) in [5, 5.41) is 0. The second-order valence-corrected chi connectivity index (χ2v) is 14.4. The van der Waals surface area contributed by atoms with Crippen molar-refractivity contribution in [3.05, 3.63) is 68.8 Å². The number of unbranched alkanes of at least 4 members (excludes halogenated alkanes) is 2. The number of hydrogen-bond donors (Lipinski definition) is 0. The Bertz CT molecular complexity index is 1700. The highest BCUT2D eigenvalue weighted by molar-refractivity contribution is 9.10. The van der Waals surface area contributed by atoms with Crippen LogP contribution in [0.2, 0.25) is 0 Å². The van der Waals surface area contributed by atoms with Gasteiger partial charge in [-0.1, -0.05) is 38.8 Å². The molecule has 14 heteroatoms. The van der Waals surface area contributed by atoms with Gasteiger partial charge < -0.3 is 23.2 Å². The van der Waals surface area contributed by atoms with Gasteiger partial charge in [0.15, 0.2) is 12.3 Å². The van der Waals surface area contributed by atoms with Crippen LogP contribution < -0.4 is 14.2 Å². The first-order chi connectivity index (χ1) is 19.3. The van der Waals surface area contributed by atoms with Gasteiger partial charge >= 0.3 is 5.89 Å². The molecule has 222 valence electrons. The van der Waals surface area contributed by atoms with E-state index in [2.05, 4.69) is 31.9 Å². The molecule has 0 atom stereocenters. The summed E-state index contributed by atoms with van der Waals surface area (Å²) in [6.07, 6.45) is 5.83. The lowest BCUT2D eigenvalue weighted by atomic mass is 10.1. The number of fused-ring (bicyclic) bond motifs is 2. The molecular weight excluding hydrogens is 704 g/mol. The highest BCUT2D eigenvalue weighted by Crippen LogP contribution is 2.41. The fourth-order valence-corrected chi connectivity index (χ4v) is 6.30. The molecule has 0 saturated carbocycles. The average Bonchev–Trinajstić information content (AvgIpc) is 3.39. The van der Waals surface area contributed by atoms with Crippen LogP contribution in [0.1, 0.15) is 44.9 Å². The number of aryl methyl sites for hydroxylation is 1. The zero-order chi connectivity index (χ0) is 29.8. The highest BCUT2D eigenvalue weighted by atomic mass is 79.9. The molecule has 10 nitrogen and oxygen atoms in total. The van der Waals surface area contributed by atoms with E-state index in [-0.39, 0.29) is 12.8 Å². The molecule has 0 bridgehead atoms. The van der Waals surface area contributed by atoms with Crippen molar-refractivity contribution in [3.8, 4) is 5.75 Å². The van der Waals surface area contributed by atoms with Crippen LogP contribution in [0.3, 0.4) is 0 Å². The van der Waals surface area contributed by atoms with Crippen molar-refractivity contribution >= 4 is 75.0 Å². The Morgan fingerprint density at radius 1 is 0.951 bits per heavy atom. The summed E-state index contributed by atoms with van der Waals surface area (Å²) in [7, 11) is -8.57. The zero-order valence-electron chi connectivity index (χ0n) is 22.2. The highest BCUT2D eigenvalue weighted by Gasteiger charge is 2.27. The average molecular weight is 733 g/mol. The molecule has 0 aliphatic carbocycles. The Kier molecular flexibility index (Phi) is 10.3. The number of halogens is 2. The van der Waals surface area contributed by atoms with Gasteiger partial charge in [0.25, 0.3) is 5.52 Å².